The average Bonchev–Trinajstić information content (AvgIpc) is 2.71. The highest BCUT2D eigenvalue weighted by atomic mass is 28.3. The van der Waals surface area contributed by atoms with Gasteiger partial charge < -0.3 is 13.8 Å². The van der Waals surface area contributed by atoms with Crippen LogP contribution in [0.25, 0.3) is 0 Å². The Morgan fingerprint density at radius 2 is 2.00 bits per heavy atom. The minimum Gasteiger partial charge on any atom is -0.397 e. The molecule has 0 saturated heterocycles. The summed E-state index contributed by atoms with van der Waals surface area (Å²) >= 11 is 0. The van der Waals surface area contributed by atoms with E-state index in [0.29, 0.717) is 5.92 Å². The second-order valence-electron chi connectivity index (χ2n) is 3.60. The summed E-state index contributed by atoms with van der Waals surface area (Å²) in [6, 6.07) is 5.18. The van der Waals surface area contributed by atoms with Gasteiger partial charge in [0, 0.05) is 25.1 Å². The SMILES string of the molecule is CCO[SiH](CC(C)c1ccc[nH]1)OCC. The van der Waals surface area contributed by atoms with Crippen LogP contribution in [0.15, 0.2) is 18.3 Å². The molecule has 0 aromatic carbocycles. The van der Waals surface area contributed by atoms with Gasteiger partial charge in [0.2, 0.25) is 0 Å². The molecule has 1 N–H and O–H groups in total. The quantitative estimate of drug-likeness (QED) is 0.726. The van der Waals surface area contributed by atoms with Crippen molar-refractivity contribution in [1.82, 2.24) is 4.98 Å². The maximum Gasteiger partial charge on any atom is 0.322 e. The van der Waals surface area contributed by atoms with Gasteiger partial charge in [-0.25, -0.2) is 0 Å². The van der Waals surface area contributed by atoms with E-state index in [1.807, 2.05) is 26.1 Å². The van der Waals surface area contributed by atoms with Gasteiger partial charge in [0.1, 0.15) is 0 Å². The van der Waals surface area contributed by atoms with E-state index in [-0.39, 0.29) is 0 Å². The number of nitrogens with one attached hydrogen (secondary N) is 1. The lowest BCUT2D eigenvalue weighted by molar-refractivity contribution is 0.211. The number of rotatable bonds is 7. The molecule has 1 unspecified atom stereocenters. The van der Waals surface area contributed by atoms with Gasteiger partial charge in [-0.2, -0.15) is 0 Å². The normalized spacial score (nSPS) is 13.3. The van der Waals surface area contributed by atoms with Crippen molar-refractivity contribution in [2.24, 2.45) is 0 Å². The first-order valence-electron chi connectivity index (χ1n) is 5.64. The Bertz CT molecular complexity index is 245. The standard InChI is InChI=1S/C11H21NO2Si/c1-4-13-15(14-5-2)9-10(3)11-7-6-8-12-11/h6-8,10,12,15H,4-5,9H2,1-3H3. The summed E-state index contributed by atoms with van der Waals surface area (Å²) in [6.07, 6.45) is 1.96. The zero-order valence-electron chi connectivity index (χ0n) is 9.82. The summed E-state index contributed by atoms with van der Waals surface area (Å²) in [5, 5.41) is 0. The van der Waals surface area contributed by atoms with Crippen LogP contribution in [-0.2, 0) is 8.85 Å². The van der Waals surface area contributed by atoms with E-state index in [9.17, 15) is 0 Å². The van der Waals surface area contributed by atoms with Crippen LogP contribution >= 0.6 is 0 Å². The first-order valence-corrected chi connectivity index (χ1v) is 7.40. The molecule has 15 heavy (non-hydrogen) atoms. The number of H-pyrrole nitrogens is 1. The number of aromatic nitrogens is 1. The van der Waals surface area contributed by atoms with Crippen LogP contribution < -0.4 is 0 Å². The van der Waals surface area contributed by atoms with Gasteiger partial charge in [-0.1, -0.05) is 6.92 Å². The molecule has 4 heteroatoms. The Morgan fingerprint density at radius 1 is 1.33 bits per heavy atom. The van der Waals surface area contributed by atoms with Crippen LogP contribution in [0.3, 0.4) is 0 Å². The maximum absolute atomic E-state index is 5.65. The van der Waals surface area contributed by atoms with Crippen molar-refractivity contribution in [3.8, 4) is 0 Å². The van der Waals surface area contributed by atoms with Crippen molar-refractivity contribution in [2.45, 2.75) is 32.7 Å². The van der Waals surface area contributed by atoms with Crippen LogP contribution in [0.5, 0.6) is 0 Å². The Labute approximate surface area is 93.6 Å². The molecule has 1 atom stereocenters. The van der Waals surface area contributed by atoms with E-state index in [1.165, 1.54) is 5.69 Å². The minimum atomic E-state index is -1.46. The molecule has 0 amide bonds. The monoisotopic (exact) mass is 227 g/mol. The summed E-state index contributed by atoms with van der Waals surface area (Å²) in [5.74, 6) is 0.495. The summed E-state index contributed by atoms with van der Waals surface area (Å²) in [4.78, 5) is 3.24. The van der Waals surface area contributed by atoms with E-state index in [2.05, 4.69) is 18.0 Å². The smallest absolute Gasteiger partial charge is 0.322 e. The van der Waals surface area contributed by atoms with Gasteiger partial charge >= 0.3 is 9.28 Å². The Kier molecular flexibility index (Phi) is 5.68. The van der Waals surface area contributed by atoms with Gasteiger partial charge in [0.25, 0.3) is 0 Å². The van der Waals surface area contributed by atoms with E-state index < -0.39 is 9.28 Å². The summed E-state index contributed by atoms with van der Waals surface area (Å²) in [5.41, 5.74) is 1.27. The lowest BCUT2D eigenvalue weighted by atomic mass is 10.1. The van der Waals surface area contributed by atoms with Crippen molar-refractivity contribution in [3.63, 3.8) is 0 Å². The first-order chi connectivity index (χ1) is 7.27. The zero-order chi connectivity index (χ0) is 11.1. The molecule has 0 fully saturated rings. The lowest BCUT2D eigenvalue weighted by Gasteiger charge is -2.18. The highest BCUT2D eigenvalue weighted by molar-refractivity contribution is 6.44. The molecule has 0 saturated carbocycles. The second-order valence-corrected chi connectivity index (χ2v) is 5.60. The third kappa shape index (κ3) is 4.20. The molecular weight excluding hydrogens is 206 g/mol. The predicted octanol–water partition coefficient (Wildman–Crippen LogP) is 2.41. The summed E-state index contributed by atoms with van der Waals surface area (Å²) < 4.78 is 11.3. The molecule has 1 aromatic rings. The van der Waals surface area contributed by atoms with Gasteiger partial charge in [0.05, 0.1) is 0 Å². The fraction of sp³-hybridized carbons (Fsp3) is 0.636. The molecule has 3 nitrogen and oxygen atoms in total. The molecule has 86 valence electrons. The highest BCUT2D eigenvalue weighted by Crippen LogP contribution is 2.20. The van der Waals surface area contributed by atoms with Crippen molar-refractivity contribution >= 4 is 9.28 Å². The van der Waals surface area contributed by atoms with Gasteiger partial charge in [-0.3, -0.25) is 0 Å². The Hall–Kier alpha value is -0.583. The predicted molar refractivity (Wildman–Crippen MR) is 64.4 cm³/mol. The molecular formula is C11H21NO2Si. The Balaban J connectivity index is 2.43. The fourth-order valence-electron chi connectivity index (χ4n) is 1.62. The van der Waals surface area contributed by atoms with Crippen LogP contribution in [0.1, 0.15) is 32.4 Å². The van der Waals surface area contributed by atoms with Crippen molar-refractivity contribution in [2.75, 3.05) is 13.2 Å². The van der Waals surface area contributed by atoms with Crippen LogP contribution in [0, 0.1) is 0 Å². The largest absolute Gasteiger partial charge is 0.397 e. The molecule has 0 spiro atoms. The zero-order valence-corrected chi connectivity index (χ0v) is 11.0. The maximum atomic E-state index is 5.65. The molecule has 1 heterocycles. The Morgan fingerprint density at radius 3 is 2.47 bits per heavy atom. The molecule has 0 bridgehead atoms. The molecule has 1 aromatic heterocycles. The van der Waals surface area contributed by atoms with Crippen LogP contribution in [-0.4, -0.2) is 27.5 Å². The van der Waals surface area contributed by atoms with E-state index in [1.54, 1.807) is 0 Å². The number of hydrogen-bond donors (Lipinski definition) is 1. The number of hydrogen-bond acceptors (Lipinski definition) is 2. The molecule has 0 aliphatic rings. The third-order valence-corrected chi connectivity index (χ3v) is 4.91. The van der Waals surface area contributed by atoms with Crippen LogP contribution in [0.2, 0.25) is 6.04 Å². The van der Waals surface area contributed by atoms with E-state index in [4.69, 9.17) is 8.85 Å². The third-order valence-electron chi connectivity index (χ3n) is 2.40. The summed E-state index contributed by atoms with van der Waals surface area (Å²) in [6.45, 7) is 7.78. The average molecular weight is 227 g/mol. The van der Waals surface area contributed by atoms with E-state index >= 15 is 0 Å². The summed E-state index contributed by atoms with van der Waals surface area (Å²) in [7, 11) is -1.46. The second kappa shape index (κ2) is 6.82. The van der Waals surface area contributed by atoms with Crippen molar-refractivity contribution < 1.29 is 8.85 Å². The molecule has 0 aliphatic carbocycles. The minimum absolute atomic E-state index is 0.495. The topological polar surface area (TPSA) is 34.2 Å². The van der Waals surface area contributed by atoms with Gasteiger partial charge in [-0.15, -0.1) is 0 Å². The van der Waals surface area contributed by atoms with E-state index in [0.717, 1.165) is 19.3 Å². The van der Waals surface area contributed by atoms with Gasteiger partial charge in [0.15, 0.2) is 0 Å². The fourth-order valence-corrected chi connectivity index (χ4v) is 3.57. The molecule has 1 rings (SSSR count). The van der Waals surface area contributed by atoms with Crippen molar-refractivity contribution in [3.05, 3.63) is 24.0 Å². The first kappa shape index (κ1) is 12.5. The van der Waals surface area contributed by atoms with Gasteiger partial charge in [-0.05, 0) is 37.9 Å². The van der Waals surface area contributed by atoms with Crippen LogP contribution in [0.4, 0.5) is 0 Å². The lowest BCUT2D eigenvalue weighted by Crippen LogP contribution is -2.24. The highest BCUT2D eigenvalue weighted by Gasteiger charge is 2.18. The van der Waals surface area contributed by atoms with Crippen molar-refractivity contribution in [1.29, 1.82) is 0 Å². The molecule has 0 radical (unpaired) electrons. The number of aromatic amines is 1. The molecule has 0 aliphatic heterocycles.